The van der Waals surface area contributed by atoms with Crippen LogP contribution in [0.3, 0.4) is 0 Å². The van der Waals surface area contributed by atoms with E-state index in [-0.39, 0.29) is 23.9 Å². The number of carbonyl (C=O) groups is 2. The van der Waals surface area contributed by atoms with Crippen LogP contribution in [0.1, 0.15) is 47.8 Å². The van der Waals surface area contributed by atoms with Crippen LogP contribution in [0.15, 0.2) is 36.5 Å². The molecule has 2 heterocycles. The largest absolute Gasteiger partial charge is 0.398 e. The zero-order valence-electron chi connectivity index (χ0n) is 17.6. The van der Waals surface area contributed by atoms with Crippen LogP contribution in [-0.4, -0.2) is 59.0 Å². The lowest BCUT2D eigenvalue weighted by atomic mass is 10.0. The number of rotatable bonds is 6. The number of likely N-dealkylation sites (tertiary alicyclic amines) is 1. The Bertz CT molecular complexity index is 943. The second kappa shape index (κ2) is 8.94. The molecule has 2 amide bonds. The molecule has 3 rings (SSSR count). The molecule has 0 spiro atoms. The first-order valence-corrected chi connectivity index (χ1v) is 9.95. The first kappa shape index (κ1) is 21.3. The number of likely N-dealkylation sites (N-methyl/N-ethyl adjacent to an activating group) is 1. The molecule has 1 aromatic carbocycles. The Hall–Kier alpha value is -3.42. The Balaban J connectivity index is 1.63. The van der Waals surface area contributed by atoms with Crippen molar-refractivity contribution in [2.45, 2.75) is 32.4 Å². The quantitative estimate of drug-likeness (QED) is 0.502. The van der Waals surface area contributed by atoms with E-state index in [0.717, 1.165) is 12.0 Å². The van der Waals surface area contributed by atoms with Gasteiger partial charge in [0.1, 0.15) is 5.82 Å². The van der Waals surface area contributed by atoms with Crippen molar-refractivity contribution in [1.82, 2.24) is 14.8 Å². The van der Waals surface area contributed by atoms with Crippen LogP contribution < -0.4 is 11.1 Å². The Labute approximate surface area is 176 Å². The van der Waals surface area contributed by atoms with E-state index in [0.29, 0.717) is 35.7 Å². The van der Waals surface area contributed by atoms with Crippen molar-refractivity contribution < 1.29 is 9.59 Å². The molecule has 1 saturated heterocycles. The van der Waals surface area contributed by atoms with Gasteiger partial charge < -0.3 is 26.3 Å². The normalized spacial score (nSPS) is 16.8. The van der Waals surface area contributed by atoms with E-state index in [9.17, 15) is 9.59 Å². The van der Waals surface area contributed by atoms with Crippen molar-refractivity contribution in [3.05, 3.63) is 53.2 Å². The maximum atomic E-state index is 12.8. The van der Waals surface area contributed by atoms with E-state index in [1.807, 2.05) is 19.1 Å². The number of nitrogens with two attached hydrogens (primary N) is 1. The molecule has 0 saturated carbocycles. The fraction of sp³-hybridized carbons (Fsp3) is 0.364. The maximum Gasteiger partial charge on any atom is 0.255 e. The highest BCUT2D eigenvalue weighted by Gasteiger charge is 2.30. The molecule has 0 radical (unpaired) electrons. The molecule has 8 nitrogen and oxygen atoms in total. The predicted molar refractivity (Wildman–Crippen MR) is 118 cm³/mol. The van der Waals surface area contributed by atoms with Crippen LogP contribution >= 0.6 is 0 Å². The Kier molecular flexibility index (Phi) is 6.34. The summed E-state index contributed by atoms with van der Waals surface area (Å²) in [6, 6.07) is 9.15. The molecule has 30 heavy (non-hydrogen) atoms. The van der Waals surface area contributed by atoms with E-state index in [2.05, 4.69) is 10.3 Å². The third kappa shape index (κ3) is 4.59. The summed E-state index contributed by atoms with van der Waals surface area (Å²) < 4.78 is 0. The van der Waals surface area contributed by atoms with Crippen molar-refractivity contribution in [1.29, 1.82) is 5.41 Å². The van der Waals surface area contributed by atoms with Crippen molar-refractivity contribution in [3.8, 4) is 0 Å². The lowest BCUT2D eigenvalue weighted by Crippen LogP contribution is -2.38. The summed E-state index contributed by atoms with van der Waals surface area (Å²) in [6.45, 7) is 4.70. The van der Waals surface area contributed by atoms with Gasteiger partial charge in [0.15, 0.2) is 0 Å². The smallest absolute Gasteiger partial charge is 0.255 e. The summed E-state index contributed by atoms with van der Waals surface area (Å²) in [7, 11) is 1.77. The van der Waals surface area contributed by atoms with Gasteiger partial charge in [-0.25, -0.2) is 4.98 Å². The Morgan fingerprint density at radius 1 is 1.37 bits per heavy atom. The molecular weight excluding hydrogens is 380 g/mol. The minimum atomic E-state index is -0.0734. The zero-order valence-corrected chi connectivity index (χ0v) is 17.6. The number of nitrogens with zero attached hydrogens (tertiary/aromatic N) is 3. The van der Waals surface area contributed by atoms with Crippen molar-refractivity contribution in [2.75, 3.05) is 31.2 Å². The standard InChI is InChI=1S/C22H28N6O2/c1-14(16-4-6-20(24)18(10-16)11-23)26-21-7-5-17(12-25-21)22(30)28-9-8-19(13-28)27(3)15(2)29/h4-7,10-12,14,19,23H,8-9,13,24H2,1-3H3,(H,25,26)/t14-,19-/m0/s1. The zero-order chi connectivity index (χ0) is 21.8. The molecule has 2 atom stereocenters. The number of benzene rings is 1. The highest BCUT2D eigenvalue weighted by atomic mass is 16.2. The topological polar surface area (TPSA) is 115 Å². The van der Waals surface area contributed by atoms with Gasteiger partial charge in [0, 0.05) is 56.8 Å². The second-order valence-corrected chi connectivity index (χ2v) is 7.65. The number of hydrogen-bond acceptors (Lipinski definition) is 6. The highest BCUT2D eigenvalue weighted by molar-refractivity contribution is 5.94. The van der Waals surface area contributed by atoms with Gasteiger partial charge in [-0.3, -0.25) is 9.59 Å². The van der Waals surface area contributed by atoms with Crippen molar-refractivity contribution >= 4 is 29.5 Å². The maximum absolute atomic E-state index is 12.8. The predicted octanol–water partition coefficient (Wildman–Crippen LogP) is 2.53. The van der Waals surface area contributed by atoms with E-state index in [1.165, 1.54) is 13.1 Å². The molecule has 158 valence electrons. The Morgan fingerprint density at radius 3 is 2.77 bits per heavy atom. The number of nitrogens with one attached hydrogen (secondary N) is 2. The van der Waals surface area contributed by atoms with Crippen LogP contribution in [0.5, 0.6) is 0 Å². The summed E-state index contributed by atoms with van der Waals surface area (Å²) in [5, 5.41) is 10.7. The number of aromatic nitrogens is 1. The molecular formula is C22H28N6O2. The van der Waals surface area contributed by atoms with Crippen LogP contribution in [0.4, 0.5) is 11.5 Å². The summed E-state index contributed by atoms with van der Waals surface area (Å²) >= 11 is 0. The molecule has 1 aromatic heterocycles. The van der Waals surface area contributed by atoms with E-state index in [1.54, 1.807) is 41.2 Å². The number of anilines is 2. The third-order valence-corrected chi connectivity index (χ3v) is 5.64. The van der Waals surface area contributed by atoms with E-state index in [4.69, 9.17) is 11.1 Å². The summed E-state index contributed by atoms with van der Waals surface area (Å²) in [4.78, 5) is 32.2. The summed E-state index contributed by atoms with van der Waals surface area (Å²) in [6.07, 6.45) is 3.60. The number of amides is 2. The fourth-order valence-electron chi connectivity index (χ4n) is 3.58. The number of pyridine rings is 1. The van der Waals surface area contributed by atoms with Gasteiger partial charge in [0.25, 0.3) is 5.91 Å². The third-order valence-electron chi connectivity index (χ3n) is 5.64. The first-order valence-electron chi connectivity index (χ1n) is 9.95. The molecule has 0 unspecified atom stereocenters. The SMILES string of the molecule is CC(=O)N(C)[C@H]1CCN(C(=O)c2ccc(N[C@@H](C)c3ccc(N)c(C=N)c3)nc2)C1. The molecule has 1 fully saturated rings. The van der Waals surface area contributed by atoms with Gasteiger partial charge in [-0.05, 0) is 43.2 Å². The lowest BCUT2D eigenvalue weighted by molar-refractivity contribution is -0.129. The average Bonchev–Trinajstić information content (AvgIpc) is 3.23. The minimum absolute atomic E-state index is 0.00866. The van der Waals surface area contributed by atoms with E-state index < -0.39 is 0 Å². The number of hydrogen-bond donors (Lipinski definition) is 3. The summed E-state index contributed by atoms with van der Waals surface area (Å²) in [5.74, 6) is 0.591. The first-order chi connectivity index (χ1) is 14.3. The van der Waals surface area contributed by atoms with Crippen LogP contribution in [0.2, 0.25) is 0 Å². The monoisotopic (exact) mass is 408 g/mol. The lowest BCUT2D eigenvalue weighted by Gasteiger charge is -2.23. The molecule has 0 bridgehead atoms. The number of carbonyl (C=O) groups excluding carboxylic acids is 2. The molecule has 4 N–H and O–H groups in total. The van der Waals surface area contributed by atoms with Crippen molar-refractivity contribution in [3.63, 3.8) is 0 Å². The number of nitrogen functional groups attached to an aromatic ring is 1. The minimum Gasteiger partial charge on any atom is -0.398 e. The fourth-order valence-corrected chi connectivity index (χ4v) is 3.58. The Morgan fingerprint density at radius 2 is 2.13 bits per heavy atom. The molecule has 2 aromatic rings. The molecule has 0 aliphatic carbocycles. The van der Waals surface area contributed by atoms with Gasteiger partial charge in [-0.2, -0.15) is 0 Å². The van der Waals surface area contributed by atoms with Gasteiger partial charge in [0.05, 0.1) is 11.6 Å². The molecule has 1 aliphatic rings. The van der Waals surface area contributed by atoms with Crippen LogP contribution in [-0.2, 0) is 4.79 Å². The second-order valence-electron chi connectivity index (χ2n) is 7.65. The van der Waals surface area contributed by atoms with Crippen molar-refractivity contribution in [2.24, 2.45) is 0 Å². The average molecular weight is 409 g/mol. The molecule has 1 aliphatic heterocycles. The van der Waals surface area contributed by atoms with Crippen LogP contribution in [0.25, 0.3) is 0 Å². The van der Waals surface area contributed by atoms with Crippen LogP contribution in [0, 0.1) is 5.41 Å². The summed E-state index contributed by atoms with van der Waals surface area (Å²) in [5.41, 5.74) is 8.61. The van der Waals surface area contributed by atoms with Gasteiger partial charge in [-0.1, -0.05) is 6.07 Å². The van der Waals surface area contributed by atoms with Gasteiger partial charge >= 0.3 is 0 Å². The highest BCUT2D eigenvalue weighted by Crippen LogP contribution is 2.22. The molecule has 8 heteroatoms. The van der Waals surface area contributed by atoms with Gasteiger partial charge in [0.2, 0.25) is 5.91 Å². The van der Waals surface area contributed by atoms with Gasteiger partial charge in [-0.15, -0.1) is 0 Å². The van der Waals surface area contributed by atoms with E-state index >= 15 is 0 Å².